The van der Waals surface area contributed by atoms with Crippen LogP contribution in [-0.2, 0) is 10.8 Å². The fraction of sp³-hybridized carbons (Fsp3) is 0.0292. The Hall–Kier alpha value is -19.1. The quantitative estimate of drug-likeness (QED) is 0.110. The van der Waals surface area contributed by atoms with Gasteiger partial charge in [-0.1, -0.05) is 487 Å². The summed E-state index contributed by atoms with van der Waals surface area (Å²) in [5.41, 5.74) is 23.1. The lowest BCUT2D eigenvalue weighted by Gasteiger charge is -2.34. The predicted molar refractivity (Wildman–Crippen MR) is 604 cm³/mol. The van der Waals surface area contributed by atoms with Crippen molar-refractivity contribution >= 4 is 108 Å². The second kappa shape index (κ2) is 35.6. The predicted octanol–water partition coefficient (Wildman–Crippen LogP) is 34.5. The Bertz CT molecular complexity index is 9810. The molecular formula is C137H89N9. The van der Waals surface area contributed by atoms with Crippen molar-refractivity contribution in [2.24, 2.45) is 0 Å². The molecule has 0 amide bonds. The highest BCUT2D eigenvalue weighted by Gasteiger charge is 2.46. The summed E-state index contributed by atoms with van der Waals surface area (Å²) in [6, 6.07) is 179. The summed E-state index contributed by atoms with van der Waals surface area (Å²) in [5, 5.41) is 24.7. The Morgan fingerprint density at radius 1 is 0.130 bits per heavy atom. The summed E-state index contributed by atoms with van der Waals surface area (Å²) < 4.78 is 0. The average molecular weight is 1860 g/mol. The van der Waals surface area contributed by atoms with E-state index in [-0.39, 0.29) is 5.41 Å². The molecule has 27 aromatic rings. The summed E-state index contributed by atoms with van der Waals surface area (Å²) in [6.45, 7) is 4.61. The molecule has 29 rings (SSSR count). The molecule has 0 unspecified atom stereocenters. The third-order valence-electron chi connectivity index (χ3n) is 29.8. The molecular weight excluding hydrogens is 1770 g/mol. The van der Waals surface area contributed by atoms with Crippen LogP contribution in [0.15, 0.2) is 504 Å². The van der Waals surface area contributed by atoms with Crippen LogP contribution in [-0.4, -0.2) is 44.9 Å². The first-order chi connectivity index (χ1) is 72.1. The standard InChI is InChI=1S/C52H33N3.C43H27N3.C42H29N3/c1-4-15-35(16-5-1)49-53-50(37-26-28-42-36(32-37)25-30-43-41-21-11-10-14-34(41)24-29-44(42)43)55-51(54-49)38-27-31-46-45-22-12-13-23-47(45)52(48(46)33-38,39-17-6-2-7-18-39)40-19-8-3-9-20-40;1-3-12-29(13-4-1)41-44-42(30-14-5-2-6-15-30)46-43(45-41)40-20-10-18-36-34(17-9-19-37(36)40)31-22-24-35-32(27-31)23-26-38-33-16-8-7-11-28(33)21-25-39(35)38;1-42(2)37-15-9-8-14-35(37)36-23-19-30(25-38(36)42)41-44-39(27-11-4-3-5-12-27)43-40(45-41)29-18-20-32-28(24-29)17-22-33-31-13-7-6-10-26(31)16-21-34(32)33/h1-33H;1-27H;3-25H,1-2H3. The first kappa shape index (κ1) is 86.0. The molecule has 2 aliphatic rings. The van der Waals surface area contributed by atoms with Crippen molar-refractivity contribution in [3.8, 4) is 136 Å². The Kier molecular flexibility index (Phi) is 21.0. The van der Waals surface area contributed by atoms with Crippen LogP contribution in [0.25, 0.3) is 244 Å². The monoisotopic (exact) mass is 1860 g/mol. The topological polar surface area (TPSA) is 116 Å². The highest BCUT2D eigenvalue weighted by molar-refractivity contribution is 6.21. The molecule has 3 heterocycles. The maximum Gasteiger partial charge on any atom is 0.164 e. The highest BCUT2D eigenvalue weighted by atomic mass is 15.1. The van der Waals surface area contributed by atoms with Gasteiger partial charge in [0.15, 0.2) is 52.4 Å². The smallest absolute Gasteiger partial charge is 0.164 e. The van der Waals surface area contributed by atoms with Crippen LogP contribution in [0, 0.1) is 0 Å². The van der Waals surface area contributed by atoms with Crippen LogP contribution < -0.4 is 0 Å². The number of aromatic nitrogens is 9. The Morgan fingerprint density at radius 3 is 0.781 bits per heavy atom. The molecule has 24 aromatic carbocycles. The first-order valence-electron chi connectivity index (χ1n) is 49.8. The minimum atomic E-state index is -0.519. The molecule has 0 atom stereocenters. The van der Waals surface area contributed by atoms with E-state index in [2.05, 4.69) is 420 Å². The van der Waals surface area contributed by atoms with Gasteiger partial charge in [0, 0.05) is 55.5 Å². The van der Waals surface area contributed by atoms with Crippen LogP contribution >= 0.6 is 0 Å². The van der Waals surface area contributed by atoms with Gasteiger partial charge < -0.3 is 0 Å². The van der Waals surface area contributed by atoms with Crippen molar-refractivity contribution in [2.45, 2.75) is 24.7 Å². The minimum Gasteiger partial charge on any atom is -0.208 e. The molecule has 9 nitrogen and oxygen atoms in total. The van der Waals surface area contributed by atoms with Gasteiger partial charge in [-0.15, -0.1) is 0 Å². The Balaban J connectivity index is 0.000000109. The van der Waals surface area contributed by atoms with E-state index in [9.17, 15) is 0 Å². The lowest BCUT2D eigenvalue weighted by molar-refractivity contribution is 0.660. The zero-order chi connectivity index (χ0) is 96.9. The molecule has 0 bridgehead atoms. The lowest BCUT2D eigenvalue weighted by Crippen LogP contribution is -2.28. The molecule has 0 fully saturated rings. The van der Waals surface area contributed by atoms with Crippen LogP contribution in [0.2, 0.25) is 0 Å². The van der Waals surface area contributed by atoms with E-state index >= 15 is 0 Å². The summed E-state index contributed by atoms with van der Waals surface area (Å²) in [4.78, 5) is 45.6. The largest absolute Gasteiger partial charge is 0.208 e. The van der Waals surface area contributed by atoms with Crippen LogP contribution in [0.4, 0.5) is 0 Å². The zero-order valence-electron chi connectivity index (χ0n) is 79.9. The van der Waals surface area contributed by atoms with E-state index in [0.717, 1.165) is 71.6 Å². The van der Waals surface area contributed by atoms with Gasteiger partial charge in [-0.25, -0.2) is 44.9 Å². The second-order valence-electron chi connectivity index (χ2n) is 38.5. The third kappa shape index (κ3) is 14.9. The number of nitrogens with zero attached hydrogens (tertiary/aromatic N) is 9. The van der Waals surface area contributed by atoms with Gasteiger partial charge in [0.2, 0.25) is 0 Å². The van der Waals surface area contributed by atoms with Gasteiger partial charge in [0.05, 0.1) is 5.41 Å². The van der Waals surface area contributed by atoms with E-state index in [1.54, 1.807) is 0 Å². The summed E-state index contributed by atoms with van der Waals surface area (Å²) in [7, 11) is 0. The first-order valence-corrected chi connectivity index (χ1v) is 49.8. The fourth-order valence-electron chi connectivity index (χ4n) is 22.7. The SMILES string of the molecule is CC1(C)c2ccccc2-c2ccc(-c3nc(-c4ccccc4)nc(-c4ccc5c(ccc6c7ccccc7ccc56)c4)n3)cc21.c1ccc(-c2nc(-c3ccc4c(c3)C(c3ccccc3)(c3ccccc3)c3ccccc3-4)nc(-c3ccc4c(ccc5c6ccccc6ccc45)c3)n2)cc1.c1ccc(-c2nc(-c3ccccc3)nc(-c3cccc4c(-c5ccc6c(ccc7c8ccccc8ccc67)c5)cccc34)n2)cc1. The summed E-state index contributed by atoms with van der Waals surface area (Å²) in [6.07, 6.45) is 0. The van der Waals surface area contributed by atoms with Crippen molar-refractivity contribution in [1.82, 2.24) is 44.9 Å². The lowest BCUT2D eigenvalue weighted by atomic mass is 9.67. The Morgan fingerprint density at radius 2 is 0.377 bits per heavy atom. The normalized spacial score (nSPS) is 12.6. The van der Waals surface area contributed by atoms with Gasteiger partial charge in [0.25, 0.3) is 0 Å². The number of benzene rings is 24. The summed E-state index contributed by atoms with van der Waals surface area (Å²) >= 11 is 0. The van der Waals surface area contributed by atoms with Gasteiger partial charge >= 0.3 is 0 Å². The van der Waals surface area contributed by atoms with Gasteiger partial charge in [-0.05, 0) is 205 Å². The molecule has 0 saturated heterocycles. The molecule has 682 valence electrons. The van der Waals surface area contributed by atoms with Gasteiger partial charge in [0.1, 0.15) is 0 Å². The molecule has 0 spiro atoms. The molecule has 0 N–H and O–H groups in total. The fourth-order valence-corrected chi connectivity index (χ4v) is 22.7. The van der Waals surface area contributed by atoms with Crippen LogP contribution in [0.1, 0.15) is 47.2 Å². The Labute approximate surface area is 844 Å². The van der Waals surface area contributed by atoms with Crippen LogP contribution in [0.3, 0.4) is 0 Å². The molecule has 0 aliphatic heterocycles. The van der Waals surface area contributed by atoms with Gasteiger partial charge in [-0.3, -0.25) is 0 Å². The molecule has 146 heavy (non-hydrogen) atoms. The van der Waals surface area contributed by atoms with Crippen molar-refractivity contribution in [3.05, 3.63) is 537 Å². The van der Waals surface area contributed by atoms with Crippen molar-refractivity contribution in [3.63, 3.8) is 0 Å². The maximum absolute atomic E-state index is 5.26. The van der Waals surface area contributed by atoms with E-state index < -0.39 is 5.41 Å². The number of hydrogen-bond acceptors (Lipinski definition) is 9. The van der Waals surface area contributed by atoms with Crippen molar-refractivity contribution in [1.29, 1.82) is 0 Å². The van der Waals surface area contributed by atoms with E-state index in [0.29, 0.717) is 52.4 Å². The maximum atomic E-state index is 5.26. The van der Waals surface area contributed by atoms with E-state index in [1.165, 1.54) is 153 Å². The van der Waals surface area contributed by atoms with Crippen LogP contribution in [0.5, 0.6) is 0 Å². The molecule has 9 heteroatoms. The number of fused-ring (bicyclic) bond motifs is 22. The third-order valence-corrected chi connectivity index (χ3v) is 29.8. The van der Waals surface area contributed by atoms with Crippen molar-refractivity contribution < 1.29 is 0 Å². The molecule has 0 radical (unpaired) electrons. The summed E-state index contributed by atoms with van der Waals surface area (Å²) in [5.74, 6) is 5.93. The number of hydrogen-bond donors (Lipinski definition) is 0. The molecule has 3 aromatic heterocycles. The van der Waals surface area contributed by atoms with Crippen molar-refractivity contribution in [2.75, 3.05) is 0 Å². The number of rotatable bonds is 12. The highest BCUT2D eigenvalue weighted by Crippen LogP contribution is 2.58. The minimum absolute atomic E-state index is 0.105. The average Bonchev–Trinajstić information content (AvgIpc) is 1.52. The van der Waals surface area contributed by atoms with E-state index in [4.69, 9.17) is 44.9 Å². The zero-order valence-corrected chi connectivity index (χ0v) is 79.9. The second-order valence-corrected chi connectivity index (χ2v) is 38.5. The molecule has 2 aliphatic carbocycles. The van der Waals surface area contributed by atoms with E-state index in [1.807, 2.05) is 97.1 Å². The molecule has 0 saturated carbocycles. The van der Waals surface area contributed by atoms with Gasteiger partial charge in [-0.2, -0.15) is 0 Å².